The van der Waals surface area contributed by atoms with E-state index in [1.807, 2.05) is 0 Å². The highest BCUT2D eigenvalue weighted by molar-refractivity contribution is 6.12. The van der Waals surface area contributed by atoms with E-state index >= 15 is 0 Å². The molecule has 0 saturated carbocycles. The van der Waals surface area contributed by atoms with E-state index < -0.39 is 0 Å². The van der Waals surface area contributed by atoms with E-state index in [2.05, 4.69) is 66.4 Å². The van der Waals surface area contributed by atoms with Gasteiger partial charge in [0.15, 0.2) is 0 Å². The topological polar surface area (TPSA) is 15.6 Å². The molecule has 0 bridgehead atoms. The van der Waals surface area contributed by atoms with Gasteiger partial charge in [-0.25, -0.2) is 0 Å². The van der Waals surface area contributed by atoms with Crippen LogP contribution in [0.3, 0.4) is 0 Å². The van der Waals surface area contributed by atoms with E-state index in [0.717, 1.165) is 25.3 Å². The molecule has 2 aromatic rings. The van der Waals surface area contributed by atoms with Gasteiger partial charge in [-0.1, -0.05) is 48.5 Å². The quantitative estimate of drug-likeness (QED) is 0.768. The number of rotatable bonds is 1. The van der Waals surface area contributed by atoms with Gasteiger partial charge in [0.1, 0.15) is 5.84 Å². The summed E-state index contributed by atoms with van der Waals surface area (Å²) < 4.78 is 0. The number of aliphatic imine (C=N–C) groups is 1. The molecule has 0 aromatic heterocycles. The Kier molecular flexibility index (Phi) is 2.88. The number of fused-ring (bicyclic) bond motifs is 3. The summed E-state index contributed by atoms with van der Waals surface area (Å²) in [5.41, 5.74) is 6.43. The van der Waals surface area contributed by atoms with Crippen LogP contribution in [0, 0.1) is 6.92 Å². The predicted molar refractivity (Wildman–Crippen MR) is 88.2 cm³/mol. The van der Waals surface area contributed by atoms with Crippen molar-refractivity contribution in [3.05, 3.63) is 70.8 Å². The number of benzene rings is 2. The number of nitrogens with zero attached hydrogens (tertiary/aromatic N) is 2. The summed E-state index contributed by atoms with van der Waals surface area (Å²) in [5, 5.41) is 0. The van der Waals surface area contributed by atoms with Gasteiger partial charge in [0.05, 0.1) is 5.70 Å². The number of hydrogen-bond donors (Lipinski definition) is 0. The van der Waals surface area contributed by atoms with E-state index in [1.165, 1.54) is 28.0 Å². The first-order valence-electron chi connectivity index (χ1n) is 7.54. The van der Waals surface area contributed by atoms with Gasteiger partial charge in [0.2, 0.25) is 0 Å². The lowest BCUT2D eigenvalue weighted by atomic mass is 9.94. The van der Waals surface area contributed by atoms with Crippen LogP contribution in [0.1, 0.15) is 28.7 Å². The first-order chi connectivity index (χ1) is 10.3. The van der Waals surface area contributed by atoms with E-state index in [-0.39, 0.29) is 0 Å². The zero-order valence-electron chi connectivity index (χ0n) is 12.2. The molecule has 0 amide bonds. The zero-order valence-corrected chi connectivity index (χ0v) is 12.2. The van der Waals surface area contributed by atoms with Crippen molar-refractivity contribution in [1.82, 2.24) is 4.90 Å². The lowest BCUT2D eigenvalue weighted by Gasteiger charge is -2.36. The second-order valence-electron chi connectivity index (χ2n) is 5.64. The average Bonchev–Trinajstić information content (AvgIpc) is 2.55. The Bertz CT molecular complexity index is 756. The van der Waals surface area contributed by atoms with Crippen molar-refractivity contribution in [3.8, 4) is 0 Å². The predicted octanol–water partition coefficient (Wildman–Crippen LogP) is 3.96. The Hall–Kier alpha value is -2.35. The monoisotopic (exact) mass is 274 g/mol. The van der Waals surface area contributed by atoms with Gasteiger partial charge in [0, 0.05) is 24.2 Å². The molecule has 0 unspecified atom stereocenters. The molecule has 21 heavy (non-hydrogen) atoms. The second-order valence-corrected chi connectivity index (χ2v) is 5.64. The molecule has 104 valence electrons. The molecule has 2 aromatic carbocycles. The lowest BCUT2D eigenvalue weighted by molar-refractivity contribution is 0.528. The van der Waals surface area contributed by atoms with Crippen molar-refractivity contribution in [2.45, 2.75) is 13.3 Å². The third-order valence-corrected chi connectivity index (χ3v) is 4.26. The zero-order chi connectivity index (χ0) is 14.2. The maximum Gasteiger partial charge on any atom is 0.136 e. The van der Waals surface area contributed by atoms with Gasteiger partial charge in [-0.05, 0) is 30.5 Å². The minimum atomic E-state index is 0.932. The lowest BCUT2D eigenvalue weighted by Crippen LogP contribution is -2.37. The first kappa shape index (κ1) is 12.4. The molecule has 0 saturated heterocycles. The molecule has 0 aliphatic carbocycles. The summed E-state index contributed by atoms with van der Waals surface area (Å²) >= 11 is 0. The van der Waals surface area contributed by atoms with Gasteiger partial charge in [-0.3, -0.25) is 4.99 Å². The van der Waals surface area contributed by atoms with Crippen LogP contribution in [0.2, 0.25) is 0 Å². The summed E-state index contributed by atoms with van der Waals surface area (Å²) in [6, 6.07) is 17.2. The fraction of sp³-hybridized carbons (Fsp3) is 0.211. The third-order valence-electron chi connectivity index (χ3n) is 4.26. The van der Waals surface area contributed by atoms with E-state index in [4.69, 9.17) is 4.99 Å². The van der Waals surface area contributed by atoms with E-state index in [0.29, 0.717) is 0 Å². The van der Waals surface area contributed by atoms with Crippen LogP contribution in [0.15, 0.2) is 53.5 Å². The fourth-order valence-corrected chi connectivity index (χ4v) is 3.21. The van der Waals surface area contributed by atoms with Crippen molar-refractivity contribution < 1.29 is 0 Å². The van der Waals surface area contributed by atoms with Gasteiger partial charge in [0.25, 0.3) is 0 Å². The van der Waals surface area contributed by atoms with E-state index in [1.54, 1.807) is 0 Å². The summed E-state index contributed by atoms with van der Waals surface area (Å²) in [7, 11) is 0. The fourth-order valence-electron chi connectivity index (χ4n) is 3.21. The Labute approximate surface area is 125 Å². The highest BCUT2D eigenvalue weighted by Crippen LogP contribution is 2.34. The van der Waals surface area contributed by atoms with E-state index in [9.17, 15) is 0 Å². The molecule has 0 spiro atoms. The molecule has 4 rings (SSSR count). The maximum atomic E-state index is 4.80. The standard InChI is InChI=1S/C19H18N2/c1-14-7-2-4-9-16(14)18-13-15-8-3-5-10-17(15)19-20-11-6-12-21(18)19/h2-5,7-10,13H,6,11-12H2,1H3. The van der Waals surface area contributed by atoms with Crippen LogP contribution in [-0.4, -0.2) is 23.8 Å². The van der Waals surface area contributed by atoms with Crippen molar-refractivity contribution in [2.24, 2.45) is 4.99 Å². The molecule has 2 aliphatic heterocycles. The molecule has 0 fully saturated rings. The van der Waals surface area contributed by atoms with Crippen molar-refractivity contribution >= 4 is 17.6 Å². The Balaban J connectivity index is 1.95. The number of hydrogen-bond acceptors (Lipinski definition) is 2. The van der Waals surface area contributed by atoms with Crippen LogP contribution < -0.4 is 0 Å². The normalized spacial score (nSPS) is 16.7. The number of amidine groups is 1. The average molecular weight is 274 g/mol. The molecule has 2 heteroatoms. The molecule has 2 aliphatic rings. The molecular weight excluding hydrogens is 256 g/mol. The van der Waals surface area contributed by atoms with Crippen LogP contribution in [0.4, 0.5) is 0 Å². The molecule has 2 nitrogen and oxygen atoms in total. The maximum absolute atomic E-state index is 4.80. The smallest absolute Gasteiger partial charge is 0.136 e. The molecule has 2 heterocycles. The molecule has 0 radical (unpaired) electrons. The summed E-state index contributed by atoms with van der Waals surface area (Å²) in [5.74, 6) is 1.14. The SMILES string of the molecule is Cc1ccccc1C1=Cc2ccccc2C2=NCCCN12. The Morgan fingerprint density at radius 1 is 0.952 bits per heavy atom. The third kappa shape index (κ3) is 1.99. The number of aryl methyl sites for hydroxylation is 1. The van der Waals surface area contributed by atoms with Gasteiger partial charge in [-0.15, -0.1) is 0 Å². The largest absolute Gasteiger partial charge is 0.326 e. The van der Waals surface area contributed by atoms with Crippen LogP contribution in [0.25, 0.3) is 11.8 Å². The first-order valence-corrected chi connectivity index (χ1v) is 7.54. The Morgan fingerprint density at radius 3 is 2.57 bits per heavy atom. The molecule has 0 N–H and O–H groups in total. The van der Waals surface area contributed by atoms with Crippen molar-refractivity contribution in [2.75, 3.05) is 13.1 Å². The summed E-state index contributed by atoms with van der Waals surface area (Å²) in [6.45, 7) is 4.16. The van der Waals surface area contributed by atoms with Crippen molar-refractivity contribution in [3.63, 3.8) is 0 Å². The second kappa shape index (κ2) is 4.88. The highest BCUT2D eigenvalue weighted by Gasteiger charge is 2.27. The molecule has 0 atom stereocenters. The Morgan fingerprint density at radius 2 is 1.71 bits per heavy atom. The summed E-state index contributed by atoms with van der Waals surface area (Å²) in [6.07, 6.45) is 3.43. The van der Waals surface area contributed by atoms with Gasteiger partial charge >= 0.3 is 0 Å². The van der Waals surface area contributed by atoms with Crippen LogP contribution in [-0.2, 0) is 0 Å². The van der Waals surface area contributed by atoms with Crippen LogP contribution in [0.5, 0.6) is 0 Å². The molecular formula is C19H18N2. The summed E-state index contributed by atoms with van der Waals surface area (Å²) in [4.78, 5) is 7.18. The van der Waals surface area contributed by atoms with Gasteiger partial charge in [-0.2, -0.15) is 0 Å². The minimum absolute atomic E-state index is 0.932. The minimum Gasteiger partial charge on any atom is -0.326 e. The van der Waals surface area contributed by atoms with Gasteiger partial charge < -0.3 is 4.90 Å². The van der Waals surface area contributed by atoms with Crippen molar-refractivity contribution in [1.29, 1.82) is 0 Å². The van der Waals surface area contributed by atoms with Crippen LogP contribution >= 0.6 is 0 Å². The highest BCUT2D eigenvalue weighted by atomic mass is 15.2.